The Morgan fingerprint density at radius 3 is 2.55 bits per heavy atom. The van der Waals surface area contributed by atoms with Gasteiger partial charge in [-0.15, -0.1) is 0 Å². The number of para-hydroxylation sites is 1. The monoisotopic (exact) mass is 290 g/mol. The Labute approximate surface area is 127 Å². The van der Waals surface area contributed by atoms with E-state index in [4.69, 9.17) is 4.42 Å². The molecule has 3 heteroatoms. The number of carbonyl (C=O) groups is 1. The molecule has 0 aliphatic heterocycles. The summed E-state index contributed by atoms with van der Waals surface area (Å²) in [5.74, 6) is -0.361. The van der Waals surface area contributed by atoms with Crippen molar-refractivity contribution < 1.29 is 9.21 Å². The molecule has 0 saturated heterocycles. The number of rotatable bonds is 3. The Balaban J connectivity index is 1.93. The number of fused-ring (bicyclic) bond motifs is 1. The first-order chi connectivity index (χ1) is 10.6. The van der Waals surface area contributed by atoms with Crippen LogP contribution in [0, 0.1) is 6.92 Å². The Morgan fingerprint density at radius 2 is 1.77 bits per heavy atom. The minimum Gasteiger partial charge on any atom is -0.422 e. The van der Waals surface area contributed by atoms with Gasteiger partial charge in [-0.1, -0.05) is 54.1 Å². The molecule has 0 bridgehead atoms. The Hall–Kier alpha value is -2.94. The smallest absolute Gasteiger partial charge is 0.347 e. The second kappa shape index (κ2) is 5.82. The van der Waals surface area contributed by atoms with Crippen LogP contribution >= 0.6 is 0 Å². The molecule has 0 spiro atoms. The molecule has 3 aromatic rings. The van der Waals surface area contributed by atoms with Gasteiger partial charge in [-0.3, -0.25) is 4.79 Å². The molecule has 3 nitrogen and oxygen atoms in total. The van der Waals surface area contributed by atoms with Gasteiger partial charge in [0.1, 0.15) is 11.1 Å². The number of hydrogen-bond acceptors (Lipinski definition) is 3. The fraction of sp³-hybridized carbons (Fsp3) is 0.0526. The van der Waals surface area contributed by atoms with Crippen molar-refractivity contribution in [1.29, 1.82) is 0 Å². The molecule has 0 aliphatic carbocycles. The van der Waals surface area contributed by atoms with Crippen LogP contribution in [0.1, 0.15) is 21.5 Å². The topological polar surface area (TPSA) is 47.3 Å². The van der Waals surface area contributed by atoms with Gasteiger partial charge < -0.3 is 4.42 Å². The molecule has 0 N–H and O–H groups in total. The minimum absolute atomic E-state index is 0.0436. The van der Waals surface area contributed by atoms with Gasteiger partial charge >= 0.3 is 5.63 Å². The van der Waals surface area contributed by atoms with E-state index in [1.54, 1.807) is 30.3 Å². The van der Waals surface area contributed by atoms with Crippen LogP contribution < -0.4 is 5.63 Å². The van der Waals surface area contributed by atoms with E-state index in [1.165, 1.54) is 6.08 Å². The lowest BCUT2D eigenvalue weighted by atomic mass is 10.1. The highest BCUT2D eigenvalue weighted by atomic mass is 16.4. The molecule has 0 aliphatic rings. The summed E-state index contributed by atoms with van der Waals surface area (Å²) < 4.78 is 5.17. The highest BCUT2D eigenvalue weighted by molar-refractivity contribution is 6.07. The molecular formula is C19H14O3. The second-order valence-corrected chi connectivity index (χ2v) is 5.09. The van der Waals surface area contributed by atoms with Crippen LogP contribution in [0.2, 0.25) is 0 Å². The zero-order chi connectivity index (χ0) is 15.5. The first-order valence-corrected chi connectivity index (χ1v) is 6.95. The average molecular weight is 290 g/mol. The van der Waals surface area contributed by atoms with E-state index in [9.17, 15) is 9.59 Å². The first-order valence-electron chi connectivity index (χ1n) is 6.95. The molecular weight excluding hydrogens is 276 g/mol. The fourth-order valence-corrected chi connectivity index (χ4v) is 2.17. The Morgan fingerprint density at radius 1 is 1.05 bits per heavy atom. The Kier molecular flexibility index (Phi) is 3.71. The lowest BCUT2D eigenvalue weighted by molar-refractivity contribution is 0.104. The number of aryl methyl sites for hydroxylation is 1. The third-order valence-electron chi connectivity index (χ3n) is 3.41. The van der Waals surface area contributed by atoms with E-state index >= 15 is 0 Å². The maximum Gasteiger partial charge on any atom is 0.347 e. The SMILES string of the molecule is Cc1ccc(/C=C/C(=O)c2cc3ccccc3oc2=O)cc1. The molecule has 1 aromatic heterocycles. The third kappa shape index (κ3) is 2.88. The first kappa shape index (κ1) is 14.0. The van der Waals surface area contributed by atoms with Crippen molar-refractivity contribution in [2.75, 3.05) is 0 Å². The van der Waals surface area contributed by atoms with Crippen molar-refractivity contribution in [3.05, 3.63) is 87.8 Å². The van der Waals surface area contributed by atoms with E-state index in [0.717, 1.165) is 16.5 Å². The normalized spacial score (nSPS) is 11.1. The number of carbonyl (C=O) groups excluding carboxylic acids is 1. The predicted octanol–water partition coefficient (Wildman–Crippen LogP) is 4.00. The van der Waals surface area contributed by atoms with Gasteiger partial charge in [0.25, 0.3) is 0 Å². The third-order valence-corrected chi connectivity index (χ3v) is 3.41. The highest BCUT2D eigenvalue weighted by Gasteiger charge is 2.10. The fourth-order valence-electron chi connectivity index (χ4n) is 2.17. The lowest BCUT2D eigenvalue weighted by Crippen LogP contribution is -2.11. The van der Waals surface area contributed by atoms with Crippen LogP contribution in [0.15, 0.2) is 69.9 Å². The summed E-state index contributed by atoms with van der Waals surface area (Å²) in [6.45, 7) is 2.00. The summed E-state index contributed by atoms with van der Waals surface area (Å²) in [5.41, 5.74) is 1.97. The molecule has 0 radical (unpaired) electrons. The van der Waals surface area contributed by atoms with Crippen LogP contribution in [0.3, 0.4) is 0 Å². The number of allylic oxidation sites excluding steroid dienone is 1. The molecule has 0 fully saturated rings. The summed E-state index contributed by atoms with van der Waals surface area (Å²) in [6.07, 6.45) is 3.09. The van der Waals surface area contributed by atoms with Crippen LogP contribution in [0.5, 0.6) is 0 Å². The van der Waals surface area contributed by atoms with Gasteiger partial charge in [0.15, 0.2) is 5.78 Å². The van der Waals surface area contributed by atoms with E-state index in [-0.39, 0.29) is 11.3 Å². The lowest BCUT2D eigenvalue weighted by Gasteiger charge is -1.99. The zero-order valence-electron chi connectivity index (χ0n) is 12.1. The molecule has 0 saturated carbocycles. The summed E-state index contributed by atoms with van der Waals surface area (Å²) in [5, 5.41) is 0.731. The number of benzene rings is 2. The van der Waals surface area contributed by atoms with E-state index in [1.807, 2.05) is 37.3 Å². The molecule has 3 rings (SSSR count). The summed E-state index contributed by atoms with van der Waals surface area (Å²) in [6, 6.07) is 16.5. The van der Waals surface area contributed by atoms with Crippen LogP contribution in [0.25, 0.3) is 17.0 Å². The van der Waals surface area contributed by atoms with Crippen molar-refractivity contribution >= 4 is 22.8 Å². The average Bonchev–Trinajstić information content (AvgIpc) is 2.53. The maximum absolute atomic E-state index is 12.2. The van der Waals surface area contributed by atoms with Gasteiger partial charge in [0, 0.05) is 5.39 Å². The quantitative estimate of drug-likeness (QED) is 0.416. The van der Waals surface area contributed by atoms with Gasteiger partial charge in [0.05, 0.1) is 0 Å². The summed E-state index contributed by atoms with van der Waals surface area (Å²) in [4.78, 5) is 24.1. The van der Waals surface area contributed by atoms with E-state index in [0.29, 0.717) is 5.58 Å². The minimum atomic E-state index is -0.614. The highest BCUT2D eigenvalue weighted by Crippen LogP contribution is 2.13. The summed E-state index contributed by atoms with van der Waals surface area (Å²) >= 11 is 0. The second-order valence-electron chi connectivity index (χ2n) is 5.09. The van der Waals surface area contributed by atoms with Crippen LogP contribution in [-0.4, -0.2) is 5.78 Å². The van der Waals surface area contributed by atoms with Gasteiger partial charge in [-0.05, 0) is 30.7 Å². The number of ketones is 1. The van der Waals surface area contributed by atoms with Crippen molar-refractivity contribution in [2.24, 2.45) is 0 Å². The van der Waals surface area contributed by atoms with Gasteiger partial charge in [-0.2, -0.15) is 0 Å². The van der Waals surface area contributed by atoms with Crippen LogP contribution in [0.4, 0.5) is 0 Å². The molecule has 108 valence electrons. The predicted molar refractivity (Wildman–Crippen MR) is 87.0 cm³/mol. The molecule has 2 aromatic carbocycles. The Bertz CT molecular complexity index is 915. The maximum atomic E-state index is 12.2. The van der Waals surface area contributed by atoms with Crippen molar-refractivity contribution in [3.63, 3.8) is 0 Å². The molecule has 1 heterocycles. The molecule has 0 atom stereocenters. The van der Waals surface area contributed by atoms with Crippen molar-refractivity contribution in [1.82, 2.24) is 0 Å². The van der Waals surface area contributed by atoms with Gasteiger partial charge in [-0.25, -0.2) is 4.79 Å². The number of hydrogen-bond donors (Lipinski definition) is 0. The summed E-state index contributed by atoms with van der Waals surface area (Å²) in [7, 11) is 0. The molecule has 0 amide bonds. The largest absolute Gasteiger partial charge is 0.422 e. The van der Waals surface area contributed by atoms with E-state index in [2.05, 4.69) is 0 Å². The van der Waals surface area contributed by atoms with E-state index < -0.39 is 5.63 Å². The van der Waals surface area contributed by atoms with Crippen LogP contribution in [-0.2, 0) is 0 Å². The zero-order valence-corrected chi connectivity index (χ0v) is 12.1. The molecule has 22 heavy (non-hydrogen) atoms. The standard InChI is InChI=1S/C19H14O3/c1-13-6-8-14(9-7-13)10-11-17(20)16-12-15-4-2-3-5-18(15)22-19(16)21/h2-12H,1H3/b11-10+. The van der Waals surface area contributed by atoms with Gasteiger partial charge in [0.2, 0.25) is 0 Å². The van der Waals surface area contributed by atoms with Crippen molar-refractivity contribution in [3.8, 4) is 0 Å². The van der Waals surface area contributed by atoms with Crippen molar-refractivity contribution in [2.45, 2.75) is 6.92 Å². The molecule has 0 unspecified atom stereocenters.